The van der Waals surface area contributed by atoms with Gasteiger partial charge < -0.3 is 11.1 Å². The highest BCUT2D eigenvalue weighted by atomic mass is 32.1. The molecule has 0 saturated heterocycles. The first kappa shape index (κ1) is 13.5. The highest BCUT2D eigenvalue weighted by Crippen LogP contribution is 2.32. The Morgan fingerprint density at radius 1 is 1.40 bits per heavy atom. The van der Waals surface area contributed by atoms with Crippen molar-refractivity contribution in [3.05, 3.63) is 21.8 Å². The predicted molar refractivity (Wildman–Crippen MR) is 85.9 cm³/mol. The largest absolute Gasteiger partial charge is 0.389 e. The van der Waals surface area contributed by atoms with E-state index < -0.39 is 0 Å². The third kappa shape index (κ3) is 2.31. The number of nitrogens with zero attached hydrogens (tertiary/aromatic N) is 3. The van der Waals surface area contributed by atoms with Crippen molar-refractivity contribution in [3.63, 3.8) is 0 Å². The smallest absolute Gasteiger partial charge is 0.188 e. The lowest BCUT2D eigenvalue weighted by Gasteiger charge is -2.06. The number of thiazole rings is 1. The minimum Gasteiger partial charge on any atom is -0.389 e. The average Bonchev–Trinajstić information content (AvgIpc) is 2.90. The van der Waals surface area contributed by atoms with Crippen LogP contribution in [0.15, 0.2) is 0 Å². The molecule has 2 aromatic rings. The molecule has 0 saturated carbocycles. The highest BCUT2D eigenvalue weighted by Gasteiger charge is 2.19. The van der Waals surface area contributed by atoms with E-state index >= 15 is 0 Å². The molecule has 1 aliphatic carbocycles. The summed E-state index contributed by atoms with van der Waals surface area (Å²) in [4.78, 5) is 6.44. The molecule has 0 fully saturated rings. The molecule has 3 rings (SSSR count). The van der Waals surface area contributed by atoms with Crippen LogP contribution in [0.25, 0.3) is 0 Å². The monoisotopic (exact) mass is 307 g/mol. The molecule has 0 unspecified atom stereocenters. The first-order valence-electron chi connectivity index (χ1n) is 6.65. The molecule has 0 atom stereocenters. The number of thiocarbonyl (C=S) groups is 1. The van der Waals surface area contributed by atoms with Crippen LogP contribution >= 0.6 is 23.6 Å². The van der Waals surface area contributed by atoms with Crippen LogP contribution in [0.4, 0.5) is 10.9 Å². The summed E-state index contributed by atoms with van der Waals surface area (Å²) in [6.45, 7) is 1.91. The second-order valence-electron chi connectivity index (χ2n) is 5.02. The van der Waals surface area contributed by atoms with Gasteiger partial charge in [-0.3, -0.25) is 4.68 Å². The average molecular weight is 307 g/mol. The first-order chi connectivity index (χ1) is 9.56. The Bertz CT molecular complexity index is 647. The minimum atomic E-state index is 0.361. The van der Waals surface area contributed by atoms with E-state index in [1.807, 2.05) is 14.0 Å². The van der Waals surface area contributed by atoms with Crippen molar-refractivity contribution in [1.29, 1.82) is 0 Å². The van der Waals surface area contributed by atoms with Crippen molar-refractivity contribution in [2.24, 2.45) is 12.8 Å². The Morgan fingerprint density at radius 3 is 2.85 bits per heavy atom. The molecule has 20 heavy (non-hydrogen) atoms. The summed E-state index contributed by atoms with van der Waals surface area (Å²) in [6.07, 6.45) is 4.72. The summed E-state index contributed by atoms with van der Waals surface area (Å²) in [5.74, 6) is 0.820. The van der Waals surface area contributed by atoms with Crippen LogP contribution in [0.5, 0.6) is 0 Å². The van der Waals surface area contributed by atoms with E-state index in [2.05, 4.69) is 15.4 Å². The molecule has 3 N–H and O–H groups in total. The summed E-state index contributed by atoms with van der Waals surface area (Å²) >= 11 is 6.84. The van der Waals surface area contributed by atoms with Gasteiger partial charge in [0.05, 0.1) is 17.0 Å². The van der Waals surface area contributed by atoms with Gasteiger partial charge in [-0.15, -0.1) is 11.3 Å². The second kappa shape index (κ2) is 5.14. The van der Waals surface area contributed by atoms with Crippen LogP contribution in [0.1, 0.15) is 34.7 Å². The number of hydrogen-bond donors (Lipinski definition) is 2. The Morgan fingerprint density at radius 2 is 2.15 bits per heavy atom. The van der Waals surface area contributed by atoms with Gasteiger partial charge in [-0.25, -0.2) is 4.98 Å². The maximum Gasteiger partial charge on any atom is 0.188 e. The minimum absolute atomic E-state index is 0.361. The van der Waals surface area contributed by atoms with Gasteiger partial charge in [0.1, 0.15) is 10.8 Å². The van der Waals surface area contributed by atoms with Gasteiger partial charge in [-0.1, -0.05) is 12.2 Å². The van der Waals surface area contributed by atoms with Gasteiger partial charge in [0, 0.05) is 11.9 Å². The number of nitrogens with two attached hydrogens (primary N) is 1. The number of anilines is 2. The van der Waals surface area contributed by atoms with Crippen LogP contribution in [0.3, 0.4) is 0 Å². The van der Waals surface area contributed by atoms with E-state index in [1.165, 1.54) is 23.4 Å². The molecular weight excluding hydrogens is 290 g/mol. The first-order valence-corrected chi connectivity index (χ1v) is 7.87. The zero-order chi connectivity index (χ0) is 14.3. The molecule has 0 spiro atoms. The van der Waals surface area contributed by atoms with Crippen LogP contribution in [0, 0.1) is 6.92 Å². The molecule has 2 aromatic heterocycles. The van der Waals surface area contributed by atoms with Crippen molar-refractivity contribution in [2.45, 2.75) is 32.6 Å². The number of hydrogen-bond acceptors (Lipinski definition) is 5. The van der Waals surface area contributed by atoms with Crippen LogP contribution < -0.4 is 11.1 Å². The predicted octanol–water partition coefficient (Wildman–Crippen LogP) is 2.44. The molecule has 2 heterocycles. The number of nitrogens with one attached hydrogen (secondary N) is 1. The fourth-order valence-electron chi connectivity index (χ4n) is 2.60. The molecule has 0 aliphatic heterocycles. The number of aryl methyl sites for hydroxylation is 4. The van der Waals surface area contributed by atoms with Crippen molar-refractivity contribution in [1.82, 2.24) is 14.8 Å². The van der Waals surface area contributed by atoms with Crippen LogP contribution in [0.2, 0.25) is 0 Å². The third-order valence-corrected chi connectivity index (χ3v) is 4.82. The molecule has 0 bridgehead atoms. The zero-order valence-electron chi connectivity index (χ0n) is 11.6. The van der Waals surface area contributed by atoms with Crippen molar-refractivity contribution < 1.29 is 0 Å². The quantitative estimate of drug-likeness (QED) is 0.853. The van der Waals surface area contributed by atoms with E-state index in [-0.39, 0.29) is 0 Å². The van der Waals surface area contributed by atoms with Crippen molar-refractivity contribution in [2.75, 3.05) is 5.32 Å². The zero-order valence-corrected chi connectivity index (χ0v) is 13.2. The van der Waals surface area contributed by atoms with Gasteiger partial charge in [0.2, 0.25) is 0 Å². The number of fused-ring (bicyclic) bond motifs is 1. The summed E-state index contributed by atoms with van der Waals surface area (Å²) < 4.78 is 1.77. The van der Waals surface area contributed by atoms with Crippen molar-refractivity contribution in [3.8, 4) is 0 Å². The molecule has 1 aliphatic rings. The molecule has 7 heteroatoms. The van der Waals surface area contributed by atoms with Gasteiger partial charge in [0.15, 0.2) is 5.13 Å². The van der Waals surface area contributed by atoms with E-state index in [9.17, 15) is 0 Å². The van der Waals surface area contributed by atoms with Crippen LogP contribution in [-0.2, 0) is 19.9 Å². The normalized spacial score (nSPS) is 14.1. The Kier molecular flexibility index (Phi) is 3.47. The van der Waals surface area contributed by atoms with E-state index in [0.717, 1.165) is 35.0 Å². The van der Waals surface area contributed by atoms with Gasteiger partial charge in [-0.05, 0) is 32.6 Å². The maximum absolute atomic E-state index is 5.80. The maximum atomic E-state index is 5.80. The molecule has 106 valence electrons. The van der Waals surface area contributed by atoms with Gasteiger partial charge >= 0.3 is 0 Å². The molecule has 5 nitrogen and oxygen atoms in total. The lowest BCUT2D eigenvalue weighted by atomic mass is 10.0. The van der Waals surface area contributed by atoms with Gasteiger partial charge in [-0.2, -0.15) is 5.10 Å². The fourth-order valence-corrected chi connectivity index (χ4v) is 3.90. The summed E-state index contributed by atoms with van der Waals surface area (Å²) in [6, 6.07) is 0. The van der Waals surface area contributed by atoms with E-state index in [4.69, 9.17) is 18.0 Å². The molecular formula is C13H17N5S2. The summed E-state index contributed by atoms with van der Waals surface area (Å²) in [5, 5.41) is 8.61. The highest BCUT2D eigenvalue weighted by molar-refractivity contribution is 7.80. The lowest BCUT2D eigenvalue weighted by Crippen LogP contribution is -2.12. The van der Waals surface area contributed by atoms with Crippen molar-refractivity contribution >= 4 is 39.5 Å². The van der Waals surface area contributed by atoms with Gasteiger partial charge in [0.25, 0.3) is 0 Å². The molecule has 0 amide bonds. The Balaban J connectivity index is 1.95. The van der Waals surface area contributed by atoms with E-state index in [0.29, 0.717) is 4.99 Å². The topological polar surface area (TPSA) is 68.8 Å². The Hall–Kier alpha value is -1.47. The molecule has 0 aromatic carbocycles. The lowest BCUT2D eigenvalue weighted by molar-refractivity contribution is 0.682. The standard InChI is InChI=1S/C13H17N5S2/c1-7-10(11(14)19)12(18(2)17-7)16-13-15-8-5-3-4-6-9(8)20-13/h3-6H2,1-2H3,(H2,14,19)(H,15,16). The SMILES string of the molecule is Cc1nn(C)c(Nc2nc3c(s2)CCCC3)c1C(N)=S. The third-order valence-electron chi connectivity index (χ3n) is 3.54. The second-order valence-corrected chi connectivity index (χ2v) is 6.54. The number of aromatic nitrogens is 3. The Labute approximate surface area is 127 Å². The summed E-state index contributed by atoms with van der Waals surface area (Å²) in [5.41, 5.74) is 8.68. The summed E-state index contributed by atoms with van der Waals surface area (Å²) in [7, 11) is 1.88. The van der Waals surface area contributed by atoms with E-state index in [1.54, 1.807) is 16.0 Å². The van der Waals surface area contributed by atoms with Crippen LogP contribution in [-0.4, -0.2) is 19.8 Å². The fraction of sp³-hybridized carbons (Fsp3) is 0.462. The number of rotatable bonds is 3. The molecule has 0 radical (unpaired) electrons.